The number of carbonyl (C=O) groups is 1. The molecule has 0 atom stereocenters. The van der Waals surface area contributed by atoms with Gasteiger partial charge in [0.25, 0.3) is 5.91 Å². The summed E-state index contributed by atoms with van der Waals surface area (Å²) in [6, 6.07) is 14.8. The zero-order valence-electron chi connectivity index (χ0n) is 13.2. The van der Waals surface area contributed by atoms with Gasteiger partial charge in [-0.15, -0.1) is 0 Å². The van der Waals surface area contributed by atoms with E-state index in [1.54, 1.807) is 23.2 Å². The number of pyridine rings is 1. The standard InChI is InChI=1S/C18H11Br2N3O2S/c19-11-4-5-13-15(9-11)26-18(22-13)23(10-12-3-1-2-8-21-12)17(24)14-6-7-16(20)25-14/h1-9H,10H2. The molecule has 0 N–H and O–H groups in total. The van der Waals surface area contributed by atoms with Crippen LogP contribution in [0.25, 0.3) is 10.2 Å². The molecule has 0 saturated carbocycles. The van der Waals surface area contributed by atoms with Crippen LogP contribution in [0.5, 0.6) is 0 Å². The number of anilines is 1. The maximum absolute atomic E-state index is 13.0. The maximum atomic E-state index is 13.0. The Bertz CT molecular complexity index is 1080. The fourth-order valence-corrected chi connectivity index (χ4v) is 4.27. The monoisotopic (exact) mass is 491 g/mol. The molecule has 3 aromatic heterocycles. The molecule has 4 rings (SSSR count). The summed E-state index contributed by atoms with van der Waals surface area (Å²) in [6.07, 6.45) is 1.71. The summed E-state index contributed by atoms with van der Waals surface area (Å²) in [6.45, 7) is 0.305. The summed E-state index contributed by atoms with van der Waals surface area (Å²) < 4.78 is 7.92. The van der Waals surface area contributed by atoms with Crippen molar-refractivity contribution in [1.82, 2.24) is 9.97 Å². The molecule has 0 aliphatic carbocycles. The average molecular weight is 493 g/mol. The Morgan fingerprint density at radius 1 is 1.15 bits per heavy atom. The zero-order valence-corrected chi connectivity index (χ0v) is 17.2. The van der Waals surface area contributed by atoms with E-state index in [-0.39, 0.29) is 11.7 Å². The van der Waals surface area contributed by atoms with Crippen molar-refractivity contribution in [3.8, 4) is 0 Å². The number of nitrogens with zero attached hydrogens (tertiary/aromatic N) is 3. The summed E-state index contributed by atoms with van der Waals surface area (Å²) in [4.78, 5) is 23.6. The van der Waals surface area contributed by atoms with Gasteiger partial charge < -0.3 is 4.42 Å². The Balaban J connectivity index is 1.76. The first kappa shape index (κ1) is 17.4. The number of halogens is 2. The van der Waals surface area contributed by atoms with Gasteiger partial charge in [0.15, 0.2) is 15.6 Å². The van der Waals surface area contributed by atoms with Crippen LogP contribution in [0.1, 0.15) is 16.2 Å². The van der Waals surface area contributed by atoms with Crippen LogP contribution in [-0.4, -0.2) is 15.9 Å². The van der Waals surface area contributed by atoms with E-state index in [2.05, 4.69) is 41.8 Å². The first-order chi connectivity index (χ1) is 12.6. The molecular weight excluding hydrogens is 482 g/mol. The molecule has 0 saturated heterocycles. The van der Waals surface area contributed by atoms with E-state index in [0.717, 1.165) is 20.4 Å². The van der Waals surface area contributed by atoms with Gasteiger partial charge >= 0.3 is 0 Å². The molecule has 0 unspecified atom stereocenters. The van der Waals surface area contributed by atoms with Crippen LogP contribution in [0.4, 0.5) is 5.13 Å². The molecule has 26 heavy (non-hydrogen) atoms. The van der Waals surface area contributed by atoms with Gasteiger partial charge in [-0.25, -0.2) is 4.98 Å². The van der Waals surface area contributed by atoms with Gasteiger partial charge in [-0.3, -0.25) is 14.7 Å². The summed E-state index contributed by atoms with van der Waals surface area (Å²) >= 11 is 8.16. The SMILES string of the molecule is O=C(c1ccc(Br)o1)N(Cc1ccccn1)c1nc2ccc(Br)cc2s1. The first-order valence-corrected chi connectivity index (χ1v) is 10.0. The van der Waals surface area contributed by atoms with Crippen molar-refractivity contribution in [2.75, 3.05) is 4.90 Å². The van der Waals surface area contributed by atoms with Crippen LogP contribution in [0.3, 0.4) is 0 Å². The second-order valence-corrected chi connectivity index (χ2v) is 8.13. The van der Waals surface area contributed by atoms with Crippen LogP contribution < -0.4 is 4.90 Å². The molecule has 1 aromatic carbocycles. The van der Waals surface area contributed by atoms with Crippen LogP contribution in [0.2, 0.25) is 0 Å². The van der Waals surface area contributed by atoms with Gasteiger partial charge in [0.2, 0.25) is 0 Å². The number of hydrogen-bond acceptors (Lipinski definition) is 5. The van der Waals surface area contributed by atoms with E-state index >= 15 is 0 Å². The van der Waals surface area contributed by atoms with Gasteiger partial charge in [-0.1, -0.05) is 33.3 Å². The summed E-state index contributed by atoms with van der Waals surface area (Å²) in [7, 11) is 0. The molecule has 5 nitrogen and oxygen atoms in total. The van der Waals surface area contributed by atoms with Crippen molar-refractivity contribution in [2.45, 2.75) is 6.54 Å². The quantitative estimate of drug-likeness (QED) is 0.369. The number of hydrogen-bond donors (Lipinski definition) is 0. The molecular formula is C18H11Br2N3O2S. The minimum Gasteiger partial charge on any atom is -0.444 e. The number of aromatic nitrogens is 2. The number of amides is 1. The van der Waals surface area contributed by atoms with E-state index in [1.807, 2.05) is 36.4 Å². The van der Waals surface area contributed by atoms with Gasteiger partial charge in [-0.05, 0) is 58.4 Å². The fraction of sp³-hybridized carbons (Fsp3) is 0.0556. The van der Waals surface area contributed by atoms with Crippen LogP contribution in [0.15, 0.2) is 68.3 Å². The zero-order chi connectivity index (χ0) is 18.1. The molecule has 1 amide bonds. The third-order valence-electron chi connectivity index (χ3n) is 3.65. The predicted octanol–water partition coefficient (Wildman–Crippen LogP) is 5.66. The van der Waals surface area contributed by atoms with Crippen molar-refractivity contribution in [2.24, 2.45) is 0 Å². The normalized spacial score (nSPS) is 11.0. The summed E-state index contributed by atoms with van der Waals surface area (Å²) in [5.41, 5.74) is 1.61. The highest BCUT2D eigenvalue weighted by Gasteiger charge is 2.24. The van der Waals surface area contributed by atoms with Crippen molar-refractivity contribution >= 4 is 64.5 Å². The Morgan fingerprint density at radius 3 is 2.77 bits per heavy atom. The fourth-order valence-electron chi connectivity index (χ4n) is 2.44. The van der Waals surface area contributed by atoms with Crippen LogP contribution >= 0.6 is 43.2 Å². The Labute approximate surface area is 169 Å². The van der Waals surface area contributed by atoms with E-state index in [1.165, 1.54) is 11.3 Å². The van der Waals surface area contributed by atoms with Gasteiger partial charge in [0.05, 0.1) is 22.5 Å². The Hall–Kier alpha value is -2.03. The van der Waals surface area contributed by atoms with Gasteiger partial charge in [0.1, 0.15) is 0 Å². The molecule has 0 aliphatic rings. The lowest BCUT2D eigenvalue weighted by molar-refractivity contribution is 0.0957. The third-order valence-corrected chi connectivity index (χ3v) is 5.61. The lowest BCUT2D eigenvalue weighted by atomic mass is 10.3. The third kappa shape index (κ3) is 3.58. The van der Waals surface area contributed by atoms with Crippen molar-refractivity contribution in [3.05, 3.63) is 75.3 Å². The summed E-state index contributed by atoms with van der Waals surface area (Å²) in [5.74, 6) is -0.0206. The molecule has 130 valence electrons. The van der Waals surface area contributed by atoms with Crippen molar-refractivity contribution in [1.29, 1.82) is 0 Å². The highest BCUT2D eigenvalue weighted by atomic mass is 79.9. The Kier molecular flexibility index (Phi) is 4.88. The lowest BCUT2D eigenvalue weighted by Crippen LogP contribution is -2.30. The second-order valence-electron chi connectivity index (χ2n) is 5.42. The highest BCUT2D eigenvalue weighted by Crippen LogP contribution is 2.32. The second kappa shape index (κ2) is 7.30. The van der Waals surface area contributed by atoms with Crippen molar-refractivity contribution < 1.29 is 9.21 Å². The molecule has 0 aliphatic heterocycles. The number of rotatable bonds is 4. The van der Waals surface area contributed by atoms with E-state index in [4.69, 9.17) is 4.42 Å². The Morgan fingerprint density at radius 2 is 2.04 bits per heavy atom. The maximum Gasteiger partial charge on any atom is 0.296 e. The van der Waals surface area contributed by atoms with Crippen molar-refractivity contribution in [3.63, 3.8) is 0 Å². The molecule has 3 heterocycles. The predicted molar refractivity (Wildman–Crippen MR) is 108 cm³/mol. The van der Waals surface area contributed by atoms with E-state index in [0.29, 0.717) is 16.3 Å². The first-order valence-electron chi connectivity index (χ1n) is 7.63. The lowest BCUT2D eigenvalue weighted by Gasteiger charge is -2.18. The molecule has 8 heteroatoms. The largest absolute Gasteiger partial charge is 0.444 e. The molecule has 0 radical (unpaired) electrons. The summed E-state index contributed by atoms with van der Waals surface area (Å²) in [5, 5.41) is 0.598. The molecule has 4 aromatic rings. The van der Waals surface area contributed by atoms with Crippen LogP contribution in [-0.2, 0) is 6.54 Å². The molecule has 0 bridgehead atoms. The van der Waals surface area contributed by atoms with Gasteiger partial charge in [-0.2, -0.15) is 0 Å². The van der Waals surface area contributed by atoms with Crippen LogP contribution in [0, 0.1) is 0 Å². The average Bonchev–Trinajstić information content (AvgIpc) is 3.25. The number of thiazole rings is 1. The molecule has 0 spiro atoms. The highest BCUT2D eigenvalue weighted by molar-refractivity contribution is 9.10. The molecule has 0 fully saturated rings. The number of fused-ring (bicyclic) bond motifs is 1. The topological polar surface area (TPSA) is 59.2 Å². The number of carbonyl (C=O) groups excluding carboxylic acids is 1. The number of furan rings is 1. The van der Waals surface area contributed by atoms with Gasteiger partial charge in [0, 0.05) is 10.7 Å². The minimum atomic E-state index is -0.264. The minimum absolute atomic E-state index is 0.244. The number of benzene rings is 1. The van der Waals surface area contributed by atoms with E-state index < -0.39 is 0 Å². The smallest absolute Gasteiger partial charge is 0.296 e. The van der Waals surface area contributed by atoms with E-state index in [9.17, 15) is 4.79 Å².